The Labute approximate surface area is 136 Å². The number of ketones is 1. The molecule has 23 heavy (non-hydrogen) atoms. The molecule has 0 spiro atoms. The van der Waals surface area contributed by atoms with Gasteiger partial charge in [0.25, 0.3) is 0 Å². The normalized spacial score (nSPS) is 21.6. The Morgan fingerprint density at radius 2 is 1.83 bits per heavy atom. The van der Waals surface area contributed by atoms with Gasteiger partial charge in [-0.1, -0.05) is 0 Å². The van der Waals surface area contributed by atoms with Crippen LogP contribution in [0.25, 0.3) is 0 Å². The Morgan fingerprint density at radius 3 is 2.30 bits per heavy atom. The summed E-state index contributed by atoms with van der Waals surface area (Å²) >= 11 is 0. The first kappa shape index (κ1) is 17.7. The molecule has 0 N–H and O–H groups in total. The molecule has 0 radical (unpaired) electrons. The van der Waals surface area contributed by atoms with Gasteiger partial charge in [-0.2, -0.15) is 5.06 Å². The third kappa shape index (κ3) is 3.64. The highest BCUT2D eigenvalue weighted by atomic mass is 16.7. The third-order valence-corrected chi connectivity index (χ3v) is 4.30. The smallest absolute Gasteiger partial charge is 0.345 e. The summed E-state index contributed by atoms with van der Waals surface area (Å²) in [5, 5.41) is 1.77. The van der Waals surface area contributed by atoms with Crippen LogP contribution >= 0.6 is 0 Å². The van der Waals surface area contributed by atoms with E-state index in [-0.39, 0.29) is 16.8 Å². The van der Waals surface area contributed by atoms with E-state index in [1.54, 1.807) is 11.1 Å². The maximum atomic E-state index is 12.6. The maximum absolute atomic E-state index is 12.6. The molecule has 0 bridgehead atoms. The average molecular weight is 323 g/mol. The molecule has 0 saturated carbocycles. The van der Waals surface area contributed by atoms with E-state index in [4.69, 9.17) is 14.0 Å². The second kappa shape index (κ2) is 6.45. The zero-order chi connectivity index (χ0) is 17.3. The van der Waals surface area contributed by atoms with Crippen molar-refractivity contribution < 1.29 is 23.6 Å². The van der Waals surface area contributed by atoms with Crippen LogP contribution in [0.2, 0.25) is 0 Å². The first-order chi connectivity index (χ1) is 10.7. The summed E-state index contributed by atoms with van der Waals surface area (Å²) in [6.07, 6.45) is 2.91. The van der Waals surface area contributed by atoms with E-state index in [0.29, 0.717) is 0 Å². The number of hydrogen-bond acceptors (Lipinski definition) is 6. The van der Waals surface area contributed by atoms with Gasteiger partial charge in [0.1, 0.15) is 0 Å². The van der Waals surface area contributed by atoms with Gasteiger partial charge in [0.05, 0.1) is 13.4 Å². The predicted molar refractivity (Wildman–Crippen MR) is 83.8 cm³/mol. The minimum absolute atomic E-state index is 0.0769. The predicted octanol–water partition coefficient (Wildman–Crippen LogP) is 2.98. The lowest BCUT2D eigenvalue weighted by atomic mass is 9.82. The van der Waals surface area contributed by atoms with Gasteiger partial charge in [0, 0.05) is 11.1 Å². The molecule has 0 aliphatic carbocycles. The highest BCUT2D eigenvalue weighted by Gasteiger charge is 2.46. The highest BCUT2D eigenvalue weighted by Crippen LogP contribution is 2.39. The van der Waals surface area contributed by atoms with Crippen LogP contribution < -0.4 is 0 Å². The lowest BCUT2D eigenvalue weighted by Gasteiger charge is -2.51. The quantitative estimate of drug-likeness (QED) is 0.471. The monoisotopic (exact) mass is 323 g/mol. The van der Waals surface area contributed by atoms with E-state index in [0.717, 1.165) is 19.3 Å². The lowest BCUT2D eigenvalue weighted by molar-refractivity contribution is -0.293. The molecule has 1 aliphatic rings. The maximum Gasteiger partial charge on any atom is 0.345 e. The first-order valence-electron chi connectivity index (χ1n) is 7.82. The second-order valence-electron chi connectivity index (χ2n) is 7.12. The van der Waals surface area contributed by atoms with E-state index >= 15 is 0 Å². The van der Waals surface area contributed by atoms with Crippen molar-refractivity contribution in [1.29, 1.82) is 0 Å². The molecular formula is C17H25NO5. The van der Waals surface area contributed by atoms with Crippen LogP contribution in [0.1, 0.15) is 57.5 Å². The summed E-state index contributed by atoms with van der Waals surface area (Å²) in [5.74, 6) is -1.20. The van der Waals surface area contributed by atoms with Crippen molar-refractivity contribution in [2.45, 2.75) is 64.1 Å². The number of nitrogens with zero attached hydrogens (tertiary/aromatic N) is 1. The van der Waals surface area contributed by atoms with Crippen LogP contribution in [0.5, 0.6) is 0 Å². The fraction of sp³-hybridized carbons (Fsp3) is 0.647. The van der Waals surface area contributed by atoms with Crippen molar-refractivity contribution in [3.8, 4) is 0 Å². The van der Waals surface area contributed by atoms with E-state index in [9.17, 15) is 9.59 Å². The summed E-state index contributed by atoms with van der Waals surface area (Å²) in [4.78, 5) is 30.6. The topological polar surface area (TPSA) is 69.0 Å². The molecule has 128 valence electrons. The van der Waals surface area contributed by atoms with Crippen LogP contribution in [0.3, 0.4) is 0 Å². The zero-order valence-corrected chi connectivity index (χ0v) is 14.4. The van der Waals surface area contributed by atoms with Crippen LogP contribution in [-0.4, -0.2) is 41.1 Å². The molecule has 6 heteroatoms. The van der Waals surface area contributed by atoms with Crippen molar-refractivity contribution in [3.05, 3.63) is 24.2 Å². The number of Topliss-reactive ketones (excluding diaryl/α,β-unsaturated/α-hetero) is 1. The largest absolute Gasteiger partial charge is 0.467 e. The number of esters is 1. The molecule has 2 rings (SSSR count). The number of rotatable bonds is 5. The van der Waals surface area contributed by atoms with Crippen LogP contribution in [0.4, 0.5) is 0 Å². The van der Waals surface area contributed by atoms with Gasteiger partial charge < -0.3 is 9.15 Å². The number of piperidine rings is 1. The molecule has 1 unspecified atom stereocenters. The van der Waals surface area contributed by atoms with Gasteiger partial charge in [-0.05, 0) is 59.1 Å². The van der Waals surface area contributed by atoms with Crippen molar-refractivity contribution in [2.75, 3.05) is 7.11 Å². The van der Waals surface area contributed by atoms with Gasteiger partial charge in [-0.3, -0.25) is 9.63 Å². The molecule has 2 heterocycles. The molecule has 1 aromatic heterocycles. The molecule has 1 saturated heterocycles. The highest BCUT2D eigenvalue weighted by molar-refractivity contribution is 6.09. The fourth-order valence-corrected chi connectivity index (χ4v) is 3.22. The Hall–Kier alpha value is -1.66. The van der Waals surface area contributed by atoms with E-state index in [2.05, 4.69) is 0 Å². The van der Waals surface area contributed by atoms with E-state index in [1.807, 2.05) is 27.7 Å². The summed E-state index contributed by atoms with van der Waals surface area (Å²) in [6.45, 7) is 8.17. The van der Waals surface area contributed by atoms with Gasteiger partial charge in [-0.15, -0.1) is 0 Å². The van der Waals surface area contributed by atoms with Gasteiger partial charge in [-0.25, -0.2) is 4.79 Å². The number of carbonyl (C=O) groups is 2. The number of methoxy groups -OCH3 is 1. The summed E-state index contributed by atoms with van der Waals surface area (Å²) in [6, 6.07) is 3.10. The minimum atomic E-state index is -1.37. The average Bonchev–Trinajstić information content (AvgIpc) is 2.98. The summed E-state index contributed by atoms with van der Waals surface area (Å²) < 4.78 is 9.86. The number of furan rings is 1. The number of hydrogen-bond donors (Lipinski definition) is 0. The summed E-state index contributed by atoms with van der Waals surface area (Å²) in [5.41, 5.74) is -0.588. The number of carbonyl (C=O) groups excluding carboxylic acids is 2. The second-order valence-corrected chi connectivity index (χ2v) is 7.12. The lowest BCUT2D eigenvalue weighted by Crippen LogP contribution is -2.60. The summed E-state index contributed by atoms with van der Waals surface area (Å²) in [7, 11) is 1.24. The number of ether oxygens (including phenoxy) is 1. The first-order valence-corrected chi connectivity index (χ1v) is 7.82. The van der Waals surface area contributed by atoms with Crippen LogP contribution in [0, 0.1) is 0 Å². The Bertz CT molecular complexity index is 546. The molecule has 1 fully saturated rings. The van der Waals surface area contributed by atoms with Gasteiger partial charge in [0.2, 0.25) is 11.9 Å². The third-order valence-electron chi connectivity index (χ3n) is 4.30. The molecular weight excluding hydrogens is 298 g/mol. The van der Waals surface area contributed by atoms with Crippen LogP contribution in [-0.2, 0) is 14.4 Å². The number of hydroxylamine groups is 2. The molecule has 1 aliphatic heterocycles. The SMILES string of the molecule is COC(=O)C(ON1C(C)(C)CCCC1(C)C)C(=O)c1ccco1. The van der Waals surface area contributed by atoms with E-state index in [1.165, 1.54) is 19.4 Å². The molecule has 1 atom stereocenters. The van der Waals surface area contributed by atoms with Crippen molar-refractivity contribution in [3.63, 3.8) is 0 Å². The Balaban J connectivity index is 2.29. The minimum Gasteiger partial charge on any atom is -0.467 e. The van der Waals surface area contributed by atoms with Crippen LogP contribution in [0.15, 0.2) is 22.8 Å². The van der Waals surface area contributed by atoms with Gasteiger partial charge in [0.15, 0.2) is 5.76 Å². The fourth-order valence-electron chi connectivity index (χ4n) is 3.22. The standard InChI is InChI=1S/C17H25NO5/c1-16(2)9-7-10-17(3,4)18(16)23-14(15(20)21-5)13(19)12-8-6-11-22-12/h6,8,11,14H,7,9-10H2,1-5H3. The Kier molecular flexibility index (Phi) is 4.96. The van der Waals surface area contributed by atoms with Crippen molar-refractivity contribution in [2.24, 2.45) is 0 Å². The van der Waals surface area contributed by atoms with Gasteiger partial charge >= 0.3 is 5.97 Å². The Morgan fingerprint density at radius 1 is 1.22 bits per heavy atom. The van der Waals surface area contributed by atoms with E-state index < -0.39 is 17.9 Å². The van der Waals surface area contributed by atoms with Crippen molar-refractivity contribution in [1.82, 2.24) is 5.06 Å². The molecule has 1 aromatic rings. The molecule has 0 amide bonds. The zero-order valence-electron chi connectivity index (χ0n) is 14.4. The molecule has 6 nitrogen and oxygen atoms in total. The molecule has 0 aromatic carbocycles. The van der Waals surface area contributed by atoms with Crippen molar-refractivity contribution >= 4 is 11.8 Å².